The Hall–Kier alpha value is -7.46. The molecule has 0 saturated carbocycles. The monoisotopic (exact) mass is 769 g/mol. The van der Waals surface area contributed by atoms with Gasteiger partial charge in [-0.1, -0.05) is 158 Å². The minimum Gasteiger partial charge on any atom is -0.455 e. The number of para-hydroxylation sites is 1. The molecule has 0 spiro atoms. The summed E-state index contributed by atoms with van der Waals surface area (Å²) in [7, 11) is 0. The van der Waals surface area contributed by atoms with Crippen molar-refractivity contribution in [1.29, 1.82) is 0 Å². The van der Waals surface area contributed by atoms with E-state index in [1.807, 2.05) is 17.4 Å². The molecule has 2 aromatic heterocycles. The smallest absolute Gasteiger partial charge is 0.143 e. The van der Waals surface area contributed by atoms with E-state index in [0.29, 0.717) is 0 Å². The summed E-state index contributed by atoms with van der Waals surface area (Å²) in [6.45, 7) is 0. The molecule has 0 amide bonds. The van der Waals surface area contributed by atoms with Crippen LogP contribution in [0.25, 0.3) is 97.0 Å². The first kappa shape index (κ1) is 33.7. The van der Waals surface area contributed by atoms with Crippen molar-refractivity contribution in [1.82, 2.24) is 0 Å². The van der Waals surface area contributed by atoms with Gasteiger partial charge in [-0.15, -0.1) is 11.3 Å². The number of anilines is 3. The van der Waals surface area contributed by atoms with Gasteiger partial charge in [-0.2, -0.15) is 0 Å². The minimum atomic E-state index is 0.895. The summed E-state index contributed by atoms with van der Waals surface area (Å²) in [6.07, 6.45) is 0. The van der Waals surface area contributed by atoms with Crippen LogP contribution in [0.3, 0.4) is 0 Å². The van der Waals surface area contributed by atoms with E-state index < -0.39 is 0 Å². The highest BCUT2D eigenvalue weighted by Crippen LogP contribution is 2.46. The lowest BCUT2D eigenvalue weighted by molar-refractivity contribution is 0.670. The maximum absolute atomic E-state index is 6.50. The molecule has 0 saturated heterocycles. The highest BCUT2D eigenvalue weighted by Gasteiger charge is 2.19. The zero-order valence-electron chi connectivity index (χ0n) is 32.0. The summed E-state index contributed by atoms with van der Waals surface area (Å²) in [5, 5.41) is 9.90. The second-order valence-corrected chi connectivity index (χ2v) is 16.3. The van der Waals surface area contributed by atoms with Gasteiger partial charge in [0.15, 0.2) is 0 Å². The molecular weight excluding hydrogens is 735 g/mol. The molecule has 0 unspecified atom stereocenters. The Morgan fingerprint density at radius 3 is 1.71 bits per heavy atom. The lowest BCUT2D eigenvalue weighted by Gasteiger charge is -2.26. The van der Waals surface area contributed by atoms with E-state index in [0.717, 1.165) is 55.6 Å². The van der Waals surface area contributed by atoms with Crippen LogP contribution in [0.15, 0.2) is 217 Å². The minimum absolute atomic E-state index is 0.895. The van der Waals surface area contributed by atoms with Gasteiger partial charge in [0.2, 0.25) is 0 Å². The van der Waals surface area contributed by atoms with E-state index in [-0.39, 0.29) is 0 Å². The fraction of sp³-hybridized carbons (Fsp3) is 0. The number of nitrogens with zero attached hydrogens (tertiary/aromatic N) is 1. The van der Waals surface area contributed by atoms with Crippen LogP contribution < -0.4 is 4.90 Å². The fourth-order valence-electron chi connectivity index (χ4n) is 8.95. The molecule has 0 radical (unpaired) electrons. The van der Waals surface area contributed by atoms with Crippen molar-refractivity contribution in [2.45, 2.75) is 0 Å². The Morgan fingerprint density at radius 1 is 0.356 bits per heavy atom. The number of thiophene rings is 1. The fourth-order valence-corrected chi connectivity index (χ4v) is 10.2. The van der Waals surface area contributed by atoms with E-state index in [1.54, 1.807) is 0 Å². The number of rotatable bonds is 6. The van der Waals surface area contributed by atoms with Gasteiger partial charge in [-0.05, 0) is 104 Å². The van der Waals surface area contributed by atoms with E-state index in [1.165, 1.54) is 58.5 Å². The molecule has 0 bridgehead atoms. The lowest BCUT2D eigenvalue weighted by atomic mass is 9.97. The number of fused-ring (bicyclic) bond motifs is 9. The second kappa shape index (κ2) is 13.6. The first-order chi connectivity index (χ1) is 29.2. The van der Waals surface area contributed by atoms with Gasteiger partial charge in [0.1, 0.15) is 11.2 Å². The Morgan fingerprint density at radius 2 is 0.932 bits per heavy atom. The summed E-state index contributed by atoms with van der Waals surface area (Å²) in [4.78, 5) is 2.41. The average molecular weight is 770 g/mol. The second-order valence-electron chi connectivity index (χ2n) is 15.3. The summed E-state index contributed by atoms with van der Waals surface area (Å²) in [6, 6.07) is 76.9. The van der Waals surface area contributed by atoms with E-state index >= 15 is 0 Å². The largest absolute Gasteiger partial charge is 0.455 e. The van der Waals surface area contributed by atoms with Gasteiger partial charge in [-0.3, -0.25) is 0 Å². The average Bonchev–Trinajstić information content (AvgIpc) is 3.88. The topological polar surface area (TPSA) is 16.4 Å². The molecule has 276 valence electrons. The van der Waals surface area contributed by atoms with Crippen LogP contribution in [-0.2, 0) is 0 Å². The zero-order chi connectivity index (χ0) is 38.9. The van der Waals surface area contributed by atoms with Crippen LogP contribution >= 0.6 is 11.3 Å². The zero-order valence-corrected chi connectivity index (χ0v) is 32.8. The maximum Gasteiger partial charge on any atom is 0.143 e. The third-order valence-electron chi connectivity index (χ3n) is 11.9. The first-order valence-corrected chi connectivity index (χ1v) is 20.9. The molecule has 59 heavy (non-hydrogen) atoms. The van der Waals surface area contributed by atoms with Crippen molar-refractivity contribution in [2.75, 3.05) is 4.90 Å². The molecule has 2 heterocycles. The molecule has 0 aliphatic heterocycles. The van der Waals surface area contributed by atoms with E-state index in [9.17, 15) is 0 Å². The predicted octanol–water partition coefficient (Wildman–Crippen LogP) is 16.7. The highest BCUT2D eigenvalue weighted by atomic mass is 32.1. The van der Waals surface area contributed by atoms with Crippen molar-refractivity contribution in [3.63, 3.8) is 0 Å². The van der Waals surface area contributed by atoms with Crippen LogP contribution in [-0.4, -0.2) is 0 Å². The van der Waals surface area contributed by atoms with Gasteiger partial charge in [0, 0.05) is 43.2 Å². The van der Waals surface area contributed by atoms with Gasteiger partial charge >= 0.3 is 0 Å². The molecule has 0 fully saturated rings. The molecule has 12 rings (SSSR count). The quantitative estimate of drug-likeness (QED) is 0.157. The Kier molecular flexibility index (Phi) is 7.75. The third-order valence-corrected chi connectivity index (χ3v) is 13.1. The molecule has 2 nitrogen and oxygen atoms in total. The van der Waals surface area contributed by atoms with Gasteiger partial charge in [0.05, 0.1) is 10.4 Å². The standard InChI is InChI=1S/C56H35NOS/c1-2-10-38(11-3-1)46-15-8-16-48-51-35-42(28-33-53(51)58-55(46)48)37-26-31-44(32-27-37)57(52-18-9-17-49-47-14-6-7-19-54(47)59-56(49)52)43-29-24-36(25-30-43)41-23-22-40-21-20-39-12-4-5-13-45(39)50(40)34-41/h1-35H. The van der Waals surface area contributed by atoms with Crippen LogP contribution in [0.4, 0.5) is 17.1 Å². The molecular formula is C56H35NOS. The Balaban J connectivity index is 0.954. The number of hydrogen-bond acceptors (Lipinski definition) is 3. The van der Waals surface area contributed by atoms with Crippen molar-refractivity contribution in [3.05, 3.63) is 212 Å². The van der Waals surface area contributed by atoms with Gasteiger partial charge < -0.3 is 9.32 Å². The number of hydrogen-bond donors (Lipinski definition) is 0. The summed E-state index contributed by atoms with van der Waals surface area (Å²) in [5.41, 5.74) is 12.2. The molecule has 0 N–H and O–H groups in total. The SMILES string of the molecule is c1ccc(-c2cccc3c2oc2ccc(-c4ccc(N(c5ccc(-c6ccc7ccc8ccccc8c7c6)cc5)c5cccc6c5sc5ccccc56)cc4)cc23)cc1. The molecule has 10 aromatic carbocycles. The van der Waals surface area contributed by atoms with Crippen LogP contribution in [0.5, 0.6) is 0 Å². The van der Waals surface area contributed by atoms with Crippen LogP contribution in [0.1, 0.15) is 0 Å². The van der Waals surface area contributed by atoms with Crippen molar-refractivity contribution < 1.29 is 4.42 Å². The van der Waals surface area contributed by atoms with Crippen molar-refractivity contribution in [3.8, 4) is 33.4 Å². The lowest BCUT2D eigenvalue weighted by Crippen LogP contribution is -2.10. The Bertz CT molecular complexity index is 3540. The molecule has 3 heteroatoms. The highest BCUT2D eigenvalue weighted by molar-refractivity contribution is 7.26. The summed E-state index contributed by atoms with van der Waals surface area (Å²) in [5.74, 6) is 0. The molecule has 0 aliphatic carbocycles. The van der Waals surface area contributed by atoms with E-state index in [4.69, 9.17) is 4.42 Å². The first-order valence-electron chi connectivity index (χ1n) is 20.1. The molecule has 0 aliphatic rings. The number of benzene rings is 10. The van der Waals surface area contributed by atoms with Crippen LogP contribution in [0, 0.1) is 0 Å². The van der Waals surface area contributed by atoms with Crippen molar-refractivity contribution >= 4 is 92.1 Å². The summed E-state index contributed by atoms with van der Waals surface area (Å²) < 4.78 is 9.07. The van der Waals surface area contributed by atoms with Crippen LogP contribution in [0.2, 0.25) is 0 Å². The normalized spacial score (nSPS) is 11.7. The Labute approximate surface area is 345 Å². The third kappa shape index (κ3) is 5.62. The predicted molar refractivity (Wildman–Crippen MR) is 253 cm³/mol. The van der Waals surface area contributed by atoms with Gasteiger partial charge in [0.25, 0.3) is 0 Å². The molecule has 0 atom stereocenters. The molecule has 12 aromatic rings. The van der Waals surface area contributed by atoms with Crippen molar-refractivity contribution in [2.24, 2.45) is 0 Å². The van der Waals surface area contributed by atoms with E-state index in [2.05, 4.69) is 211 Å². The van der Waals surface area contributed by atoms with Gasteiger partial charge in [-0.25, -0.2) is 0 Å². The number of furan rings is 1. The maximum atomic E-state index is 6.50. The summed E-state index contributed by atoms with van der Waals surface area (Å²) >= 11 is 1.86.